The van der Waals surface area contributed by atoms with Gasteiger partial charge in [0.15, 0.2) is 0 Å². The Kier molecular flexibility index (Phi) is 4.33. The minimum atomic E-state index is 0.712. The predicted molar refractivity (Wildman–Crippen MR) is 53.3 cm³/mol. The maximum atomic E-state index is 3.73. The highest BCUT2D eigenvalue weighted by Crippen LogP contribution is 2.04. The molecule has 0 aliphatic carbocycles. The van der Waals surface area contributed by atoms with Crippen molar-refractivity contribution in [1.29, 1.82) is 0 Å². The van der Waals surface area contributed by atoms with E-state index in [2.05, 4.69) is 23.7 Å². The molecule has 1 aliphatic rings. The van der Waals surface area contributed by atoms with Crippen molar-refractivity contribution in [3.63, 3.8) is 0 Å². The molecule has 1 fully saturated rings. The Balaban J connectivity index is 2.15. The number of rotatable bonds is 4. The Labute approximate surface area is 75.6 Å². The molecule has 0 aromatic rings. The second kappa shape index (κ2) is 5.33. The van der Waals surface area contributed by atoms with E-state index in [1.54, 1.807) is 0 Å². The molecule has 1 N–H and O–H groups in total. The molecule has 0 saturated carbocycles. The molecule has 0 aromatic carbocycles. The lowest BCUT2D eigenvalue weighted by Gasteiger charge is -2.33. The summed E-state index contributed by atoms with van der Waals surface area (Å²) in [4.78, 5) is 2.56. The lowest BCUT2D eigenvalue weighted by molar-refractivity contribution is 0.172. The first-order valence-electron chi connectivity index (χ1n) is 4.90. The third-order valence-corrected chi connectivity index (χ3v) is 2.49. The molecule has 0 spiro atoms. The van der Waals surface area contributed by atoms with Crippen LogP contribution in [0.25, 0.3) is 0 Å². The topological polar surface area (TPSA) is 15.3 Å². The molecule has 0 aromatic heterocycles. The van der Waals surface area contributed by atoms with E-state index in [1.165, 1.54) is 19.5 Å². The van der Waals surface area contributed by atoms with Gasteiger partial charge in [-0.2, -0.15) is 0 Å². The van der Waals surface area contributed by atoms with Crippen molar-refractivity contribution in [2.75, 3.05) is 26.2 Å². The van der Waals surface area contributed by atoms with Crippen molar-refractivity contribution in [3.8, 4) is 0 Å². The Hall–Kier alpha value is -0.340. The van der Waals surface area contributed by atoms with Gasteiger partial charge in [0, 0.05) is 25.7 Å². The van der Waals surface area contributed by atoms with Crippen LogP contribution in [0.15, 0.2) is 12.7 Å². The molecule has 12 heavy (non-hydrogen) atoms. The summed E-state index contributed by atoms with van der Waals surface area (Å²) in [6.07, 6.45) is 4.41. The van der Waals surface area contributed by atoms with Gasteiger partial charge in [0.2, 0.25) is 0 Å². The first-order chi connectivity index (χ1) is 5.84. The average Bonchev–Trinajstić information content (AvgIpc) is 2.09. The molecule has 2 heteroatoms. The third kappa shape index (κ3) is 2.95. The van der Waals surface area contributed by atoms with Crippen LogP contribution in [0.4, 0.5) is 0 Å². The van der Waals surface area contributed by atoms with Crippen LogP contribution in [0.5, 0.6) is 0 Å². The summed E-state index contributed by atoms with van der Waals surface area (Å²) in [5.74, 6) is 0. The van der Waals surface area contributed by atoms with Crippen molar-refractivity contribution < 1.29 is 0 Å². The fourth-order valence-corrected chi connectivity index (χ4v) is 1.65. The van der Waals surface area contributed by atoms with Gasteiger partial charge in [-0.15, -0.1) is 6.58 Å². The average molecular weight is 168 g/mol. The summed E-state index contributed by atoms with van der Waals surface area (Å²) in [5, 5.41) is 3.39. The van der Waals surface area contributed by atoms with E-state index in [-0.39, 0.29) is 0 Å². The van der Waals surface area contributed by atoms with Crippen LogP contribution in [0, 0.1) is 0 Å². The summed E-state index contributed by atoms with van der Waals surface area (Å²) in [6.45, 7) is 10.8. The van der Waals surface area contributed by atoms with E-state index in [4.69, 9.17) is 0 Å². The van der Waals surface area contributed by atoms with E-state index in [0.717, 1.165) is 19.5 Å². The van der Waals surface area contributed by atoms with Crippen LogP contribution < -0.4 is 5.32 Å². The smallest absolute Gasteiger partial charge is 0.0192 e. The minimum absolute atomic E-state index is 0.712. The van der Waals surface area contributed by atoms with E-state index in [0.29, 0.717) is 6.04 Å². The second-order valence-electron chi connectivity index (χ2n) is 3.52. The van der Waals surface area contributed by atoms with Crippen molar-refractivity contribution >= 4 is 0 Å². The molecule has 1 heterocycles. The maximum absolute atomic E-state index is 3.73. The summed E-state index contributed by atoms with van der Waals surface area (Å²) in [5.41, 5.74) is 0. The molecule has 0 amide bonds. The number of nitrogens with zero attached hydrogens (tertiary/aromatic N) is 1. The number of hydrogen-bond acceptors (Lipinski definition) is 2. The number of allylic oxidation sites excluding steroid dienone is 1. The van der Waals surface area contributed by atoms with Gasteiger partial charge < -0.3 is 5.32 Å². The highest BCUT2D eigenvalue weighted by molar-refractivity contribution is 4.76. The van der Waals surface area contributed by atoms with Gasteiger partial charge in [-0.3, -0.25) is 4.90 Å². The van der Waals surface area contributed by atoms with Crippen molar-refractivity contribution in [2.45, 2.75) is 25.8 Å². The molecule has 1 atom stereocenters. The van der Waals surface area contributed by atoms with Crippen LogP contribution in [-0.4, -0.2) is 37.1 Å². The molecule has 1 saturated heterocycles. The van der Waals surface area contributed by atoms with Gasteiger partial charge >= 0.3 is 0 Å². The fourth-order valence-electron chi connectivity index (χ4n) is 1.65. The maximum Gasteiger partial charge on any atom is 0.0192 e. The molecule has 70 valence electrons. The van der Waals surface area contributed by atoms with Gasteiger partial charge in [0.25, 0.3) is 0 Å². The highest BCUT2D eigenvalue weighted by atomic mass is 15.2. The third-order valence-electron chi connectivity index (χ3n) is 2.49. The second-order valence-corrected chi connectivity index (χ2v) is 3.52. The lowest BCUT2D eigenvalue weighted by atomic mass is 10.2. The Bertz CT molecular complexity index is 134. The van der Waals surface area contributed by atoms with Crippen LogP contribution >= 0.6 is 0 Å². The summed E-state index contributed by atoms with van der Waals surface area (Å²) >= 11 is 0. The van der Waals surface area contributed by atoms with Crippen molar-refractivity contribution in [2.24, 2.45) is 0 Å². The fraction of sp³-hybridized carbons (Fsp3) is 0.800. The molecule has 0 bridgehead atoms. The number of piperazine rings is 1. The zero-order valence-corrected chi connectivity index (χ0v) is 8.05. The monoisotopic (exact) mass is 168 g/mol. The first kappa shape index (κ1) is 9.75. The minimum Gasteiger partial charge on any atom is -0.314 e. The van der Waals surface area contributed by atoms with Gasteiger partial charge in [0.05, 0.1) is 0 Å². The summed E-state index contributed by atoms with van der Waals surface area (Å²) in [6, 6.07) is 0.712. The molecule has 2 nitrogen and oxygen atoms in total. The predicted octanol–water partition coefficient (Wildman–Crippen LogP) is 1.25. The van der Waals surface area contributed by atoms with Crippen LogP contribution in [0.2, 0.25) is 0 Å². The van der Waals surface area contributed by atoms with E-state index in [9.17, 15) is 0 Å². The Morgan fingerprint density at radius 2 is 2.50 bits per heavy atom. The molecular formula is C10H20N2. The van der Waals surface area contributed by atoms with Gasteiger partial charge in [-0.05, 0) is 26.3 Å². The van der Waals surface area contributed by atoms with Gasteiger partial charge in [0.1, 0.15) is 0 Å². The largest absolute Gasteiger partial charge is 0.314 e. The number of unbranched alkanes of at least 4 members (excludes halogenated alkanes) is 1. The molecule has 1 rings (SSSR count). The van der Waals surface area contributed by atoms with E-state index >= 15 is 0 Å². The van der Waals surface area contributed by atoms with Gasteiger partial charge in [-0.1, -0.05) is 6.08 Å². The zero-order valence-electron chi connectivity index (χ0n) is 8.05. The van der Waals surface area contributed by atoms with Crippen molar-refractivity contribution in [3.05, 3.63) is 12.7 Å². The SMILES string of the molecule is C=CCCCN1CCNCC1C. The molecule has 1 unspecified atom stereocenters. The standard InChI is InChI=1S/C10H20N2/c1-3-4-5-7-12-8-6-11-9-10(12)2/h3,10-11H,1,4-9H2,2H3. The zero-order chi connectivity index (χ0) is 8.81. The number of hydrogen-bond donors (Lipinski definition) is 1. The molecule has 0 radical (unpaired) electrons. The summed E-state index contributed by atoms with van der Waals surface area (Å²) < 4.78 is 0. The summed E-state index contributed by atoms with van der Waals surface area (Å²) in [7, 11) is 0. The van der Waals surface area contributed by atoms with Crippen molar-refractivity contribution in [1.82, 2.24) is 10.2 Å². The molecular weight excluding hydrogens is 148 g/mol. The van der Waals surface area contributed by atoms with Crippen LogP contribution in [0.1, 0.15) is 19.8 Å². The quantitative estimate of drug-likeness (QED) is 0.502. The lowest BCUT2D eigenvalue weighted by Crippen LogP contribution is -2.49. The Morgan fingerprint density at radius 3 is 3.17 bits per heavy atom. The van der Waals surface area contributed by atoms with Gasteiger partial charge in [-0.25, -0.2) is 0 Å². The van der Waals surface area contributed by atoms with Crippen LogP contribution in [0.3, 0.4) is 0 Å². The first-order valence-corrected chi connectivity index (χ1v) is 4.90. The van der Waals surface area contributed by atoms with Crippen LogP contribution in [-0.2, 0) is 0 Å². The normalized spacial score (nSPS) is 25.6. The Morgan fingerprint density at radius 1 is 1.67 bits per heavy atom. The van der Waals surface area contributed by atoms with E-state index in [1.807, 2.05) is 6.08 Å². The molecule has 1 aliphatic heterocycles. The number of nitrogens with one attached hydrogen (secondary N) is 1. The highest BCUT2D eigenvalue weighted by Gasteiger charge is 2.16. The van der Waals surface area contributed by atoms with E-state index < -0.39 is 0 Å².